The number of ether oxygens (including phenoxy) is 2. The van der Waals surface area contributed by atoms with Gasteiger partial charge in [0.25, 0.3) is 0 Å². The van der Waals surface area contributed by atoms with Crippen LogP contribution >= 0.6 is 11.8 Å². The summed E-state index contributed by atoms with van der Waals surface area (Å²) in [7, 11) is 0. The maximum Gasteiger partial charge on any atom is 0.231 e. The van der Waals surface area contributed by atoms with E-state index in [1.807, 2.05) is 30.0 Å². The molecule has 2 aromatic rings. The van der Waals surface area contributed by atoms with Crippen LogP contribution in [-0.4, -0.2) is 12.5 Å². The van der Waals surface area contributed by atoms with E-state index in [9.17, 15) is 0 Å². The van der Waals surface area contributed by atoms with Gasteiger partial charge in [-0.2, -0.15) is 11.8 Å². The predicted molar refractivity (Wildman–Crippen MR) is 86.8 cm³/mol. The summed E-state index contributed by atoms with van der Waals surface area (Å²) in [5.41, 5.74) is 10.1. The standard InChI is InChI=1S/C17H19NO2S/c1-12-4-2-3-5-14(12)9-21-10-15(18)13-6-7-16-17(8-13)20-11-19-16/h2-8,15H,9-11,18H2,1H3. The average molecular weight is 301 g/mol. The van der Waals surface area contributed by atoms with E-state index in [4.69, 9.17) is 15.2 Å². The van der Waals surface area contributed by atoms with Gasteiger partial charge in [-0.3, -0.25) is 0 Å². The Labute approximate surface area is 129 Å². The quantitative estimate of drug-likeness (QED) is 0.915. The molecule has 0 saturated heterocycles. The minimum Gasteiger partial charge on any atom is -0.454 e. The zero-order valence-electron chi connectivity index (χ0n) is 12.0. The van der Waals surface area contributed by atoms with Gasteiger partial charge in [0, 0.05) is 17.5 Å². The van der Waals surface area contributed by atoms with E-state index in [2.05, 4.69) is 31.2 Å². The smallest absolute Gasteiger partial charge is 0.231 e. The Balaban J connectivity index is 1.57. The van der Waals surface area contributed by atoms with Gasteiger partial charge in [-0.25, -0.2) is 0 Å². The molecule has 2 N–H and O–H groups in total. The first kappa shape index (κ1) is 14.3. The predicted octanol–water partition coefficient (Wildman–Crippen LogP) is 3.66. The Morgan fingerprint density at radius 1 is 1.14 bits per heavy atom. The van der Waals surface area contributed by atoms with Crippen molar-refractivity contribution < 1.29 is 9.47 Å². The van der Waals surface area contributed by atoms with E-state index in [-0.39, 0.29) is 6.04 Å². The van der Waals surface area contributed by atoms with Crippen molar-refractivity contribution >= 4 is 11.8 Å². The van der Waals surface area contributed by atoms with Crippen LogP contribution in [0, 0.1) is 6.92 Å². The minimum atomic E-state index is 0.00789. The lowest BCUT2D eigenvalue weighted by Crippen LogP contribution is -2.13. The molecular weight excluding hydrogens is 282 g/mol. The zero-order chi connectivity index (χ0) is 14.7. The fourth-order valence-electron chi connectivity index (χ4n) is 2.31. The van der Waals surface area contributed by atoms with E-state index >= 15 is 0 Å². The molecule has 0 aliphatic carbocycles. The van der Waals surface area contributed by atoms with Gasteiger partial charge < -0.3 is 15.2 Å². The molecule has 21 heavy (non-hydrogen) atoms. The lowest BCUT2D eigenvalue weighted by atomic mass is 10.1. The summed E-state index contributed by atoms with van der Waals surface area (Å²) < 4.78 is 10.7. The molecule has 3 nitrogen and oxygen atoms in total. The minimum absolute atomic E-state index is 0.00789. The van der Waals surface area contributed by atoms with Gasteiger partial charge >= 0.3 is 0 Å². The fraction of sp³-hybridized carbons (Fsp3) is 0.294. The summed E-state index contributed by atoms with van der Waals surface area (Å²) in [6.45, 7) is 2.45. The first-order valence-corrected chi connectivity index (χ1v) is 8.17. The average Bonchev–Trinajstić information content (AvgIpc) is 2.96. The Kier molecular flexibility index (Phi) is 4.36. The normalized spacial score (nSPS) is 14.2. The van der Waals surface area contributed by atoms with Crippen LogP contribution in [0.15, 0.2) is 42.5 Å². The molecule has 1 heterocycles. The number of hydrogen-bond donors (Lipinski definition) is 1. The second-order valence-electron chi connectivity index (χ2n) is 5.16. The number of fused-ring (bicyclic) bond motifs is 1. The fourth-order valence-corrected chi connectivity index (χ4v) is 3.42. The van der Waals surface area contributed by atoms with Gasteiger partial charge in [0.2, 0.25) is 6.79 Å². The Bertz CT molecular complexity index is 630. The molecular formula is C17H19NO2S. The number of benzene rings is 2. The number of thioether (sulfide) groups is 1. The summed E-state index contributed by atoms with van der Waals surface area (Å²) in [5.74, 6) is 3.48. The molecule has 1 aliphatic rings. The van der Waals surface area contributed by atoms with Crippen LogP contribution in [0.2, 0.25) is 0 Å². The van der Waals surface area contributed by atoms with Crippen molar-refractivity contribution in [2.75, 3.05) is 12.5 Å². The topological polar surface area (TPSA) is 44.5 Å². The van der Waals surface area contributed by atoms with Crippen LogP contribution in [0.1, 0.15) is 22.7 Å². The molecule has 2 aromatic carbocycles. The van der Waals surface area contributed by atoms with Crippen molar-refractivity contribution in [3.05, 3.63) is 59.2 Å². The number of nitrogens with two attached hydrogens (primary N) is 1. The molecule has 0 fully saturated rings. The highest BCUT2D eigenvalue weighted by Crippen LogP contribution is 2.34. The summed E-state index contributed by atoms with van der Waals surface area (Å²) in [4.78, 5) is 0. The maximum atomic E-state index is 6.27. The molecule has 0 amide bonds. The molecule has 0 spiro atoms. The van der Waals surface area contributed by atoms with E-state index in [0.29, 0.717) is 6.79 Å². The monoisotopic (exact) mass is 301 g/mol. The van der Waals surface area contributed by atoms with E-state index in [0.717, 1.165) is 28.6 Å². The van der Waals surface area contributed by atoms with E-state index in [1.54, 1.807) is 0 Å². The van der Waals surface area contributed by atoms with Crippen molar-refractivity contribution in [3.63, 3.8) is 0 Å². The second-order valence-corrected chi connectivity index (χ2v) is 6.19. The van der Waals surface area contributed by atoms with Crippen LogP contribution in [-0.2, 0) is 5.75 Å². The van der Waals surface area contributed by atoms with Gasteiger partial charge in [0.1, 0.15) is 0 Å². The number of hydrogen-bond acceptors (Lipinski definition) is 4. The third-order valence-corrected chi connectivity index (χ3v) is 4.75. The van der Waals surface area contributed by atoms with Crippen LogP contribution in [0.5, 0.6) is 11.5 Å². The SMILES string of the molecule is Cc1ccccc1CSCC(N)c1ccc2c(c1)OCO2. The van der Waals surface area contributed by atoms with Crippen LogP contribution in [0.25, 0.3) is 0 Å². The molecule has 0 bridgehead atoms. The number of rotatable bonds is 5. The van der Waals surface area contributed by atoms with Crippen LogP contribution in [0.4, 0.5) is 0 Å². The third kappa shape index (κ3) is 3.34. The summed E-state index contributed by atoms with van der Waals surface area (Å²) in [5, 5.41) is 0. The molecule has 110 valence electrons. The zero-order valence-corrected chi connectivity index (χ0v) is 12.9. The van der Waals surface area contributed by atoms with Gasteiger partial charge in [-0.1, -0.05) is 30.3 Å². The van der Waals surface area contributed by atoms with Crippen molar-refractivity contribution in [3.8, 4) is 11.5 Å². The Morgan fingerprint density at radius 3 is 2.81 bits per heavy atom. The molecule has 0 saturated carbocycles. The molecule has 0 radical (unpaired) electrons. The highest BCUT2D eigenvalue weighted by Gasteiger charge is 2.16. The van der Waals surface area contributed by atoms with Gasteiger partial charge in [0.15, 0.2) is 11.5 Å². The molecule has 1 unspecified atom stereocenters. The number of aryl methyl sites for hydroxylation is 1. The lowest BCUT2D eigenvalue weighted by Gasteiger charge is -2.13. The summed E-state index contributed by atoms with van der Waals surface area (Å²) in [6.07, 6.45) is 0. The second kappa shape index (κ2) is 6.41. The van der Waals surface area contributed by atoms with Crippen molar-refractivity contribution in [1.82, 2.24) is 0 Å². The largest absolute Gasteiger partial charge is 0.454 e. The van der Waals surface area contributed by atoms with Crippen LogP contribution < -0.4 is 15.2 Å². The Hall–Kier alpha value is -1.65. The molecule has 0 aromatic heterocycles. The maximum absolute atomic E-state index is 6.27. The molecule has 4 heteroatoms. The molecule has 1 atom stereocenters. The van der Waals surface area contributed by atoms with Crippen molar-refractivity contribution in [2.24, 2.45) is 5.73 Å². The van der Waals surface area contributed by atoms with E-state index in [1.165, 1.54) is 11.1 Å². The molecule has 3 rings (SSSR count). The Morgan fingerprint density at radius 2 is 1.95 bits per heavy atom. The van der Waals surface area contributed by atoms with E-state index < -0.39 is 0 Å². The lowest BCUT2D eigenvalue weighted by molar-refractivity contribution is 0.174. The molecule has 1 aliphatic heterocycles. The van der Waals surface area contributed by atoms with Crippen LogP contribution in [0.3, 0.4) is 0 Å². The highest BCUT2D eigenvalue weighted by molar-refractivity contribution is 7.98. The first-order valence-electron chi connectivity index (χ1n) is 7.01. The van der Waals surface area contributed by atoms with Crippen molar-refractivity contribution in [1.29, 1.82) is 0 Å². The third-order valence-electron chi connectivity index (χ3n) is 3.64. The van der Waals surface area contributed by atoms with Gasteiger partial charge in [0.05, 0.1) is 0 Å². The first-order chi connectivity index (χ1) is 10.2. The summed E-state index contributed by atoms with van der Waals surface area (Å²) in [6, 6.07) is 14.4. The summed E-state index contributed by atoms with van der Waals surface area (Å²) >= 11 is 1.86. The highest BCUT2D eigenvalue weighted by atomic mass is 32.2. The van der Waals surface area contributed by atoms with Gasteiger partial charge in [-0.15, -0.1) is 0 Å². The van der Waals surface area contributed by atoms with Gasteiger partial charge in [-0.05, 0) is 35.7 Å². The van der Waals surface area contributed by atoms with Crippen molar-refractivity contribution in [2.45, 2.75) is 18.7 Å².